The average Bonchev–Trinajstić information content (AvgIpc) is 3.34. The third-order valence-corrected chi connectivity index (χ3v) is 5.54. The molecule has 4 atom stereocenters. The van der Waals surface area contributed by atoms with Gasteiger partial charge in [0, 0.05) is 18.1 Å². The minimum atomic E-state index is -1.18. The van der Waals surface area contributed by atoms with E-state index in [1.54, 1.807) is 0 Å². The summed E-state index contributed by atoms with van der Waals surface area (Å²) >= 11 is 8.10. The lowest BCUT2D eigenvalue weighted by Gasteiger charge is -2.29. The van der Waals surface area contributed by atoms with Crippen molar-refractivity contribution in [3.63, 3.8) is 0 Å². The van der Waals surface area contributed by atoms with Gasteiger partial charge in [-0.15, -0.1) is 0 Å². The van der Waals surface area contributed by atoms with Crippen LogP contribution in [0, 0.1) is 0 Å². The van der Waals surface area contributed by atoms with Crippen LogP contribution in [0.1, 0.15) is 25.7 Å². The molecule has 0 spiro atoms. The second kappa shape index (κ2) is 10.2. The van der Waals surface area contributed by atoms with Crippen LogP contribution in [0.4, 0.5) is 0 Å². The molecule has 2 rings (SSSR count). The first-order valence-corrected chi connectivity index (χ1v) is 10.2. The van der Waals surface area contributed by atoms with Gasteiger partial charge in [0.25, 0.3) is 0 Å². The predicted octanol–water partition coefficient (Wildman–Crippen LogP) is -1.36. The SMILES string of the molecule is O=C(O)C(CS)NC(=O)C1CCCN1C(=O)C(CS)NC(=O)C1CCCN1. The molecule has 27 heavy (non-hydrogen) atoms. The molecule has 9 nitrogen and oxygen atoms in total. The summed E-state index contributed by atoms with van der Waals surface area (Å²) in [5, 5.41) is 17.3. The Hall–Kier alpha value is -1.46. The van der Waals surface area contributed by atoms with E-state index in [9.17, 15) is 19.2 Å². The van der Waals surface area contributed by atoms with Gasteiger partial charge in [0.2, 0.25) is 17.7 Å². The number of nitrogens with one attached hydrogen (secondary N) is 3. The van der Waals surface area contributed by atoms with Gasteiger partial charge in [0.1, 0.15) is 18.1 Å². The molecule has 2 heterocycles. The minimum Gasteiger partial charge on any atom is -0.480 e. The summed E-state index contributed by atoms with van der Waals surface area (Å²) in [6.45, 7) is 1.14. The van der Waals surface area contributed by atoms with Crippen LogP contribution in [0.25, 0.3) is 0 Å². The van der Waals surface area contributed by atoms with Crippen molar-refractivity contribution in [1.82, 2.24) is 20.9 Å². The van der Waals surface area contributed by atoms with Gasteiger partial charge in [-0.2, -0.15) is 25.3 Å². The zero-order chi connectivity index (χ0) is 20.0. The maximum atomic E-state index is 12.9. The summed E-state index contributed by atoms with van der Waals surface area (Å²) in [6, 6.07) is -3.03. The van der Waals surface area contributed by atoms with Gasteiger partial charge < -0.3 is 26.0 Å². The number of aliphatic carboxylic acids is 1. The fourth-order valence-electron chi connectivity index (χ4n) is 3.32. The van der Waals surface area contributed by atoms with Crippen molar-refractivity contribution >= 4 is 48.9 Å². The molecule has 0 bridgehead atoms. The van der Waals surface area contributed by atoms with Crippen LogP contribution in [0.5, 0.6) is 0 Å². The van der Waals surface area contributed by atoms with E-state index in [1.807, 2.05) is 0 Å². The van der Waals surface area contributed by atoms with Gasteiger partial charge in [-0.05, 0) is 32.2 Å². The number of carboxylic acids is 1. The van der Waals surface area contributed by atoms with Crippen LogP contribution in [0.2, 0.25) is 0 Å². The Morgan fingerprint density at radius 1 is 1.04 bits per heavy atom. The molecule has 11 heteroatoms. The monoisotopic (exact) mass is 418 g/mol. The predicted molar refractivity (Wildman–Crippen MR) is 105 cm³/mol. The molecule has 0 aromatic heterocycles. The molecule has 152 valence electrons. The third kappa shape index (κ3) is 5.52. The van der Waals surface area contributed by atoms with E-state index < -0.39 is 30.0 Å². The second-order valence-electron chi connectivity index (χ2n) is 6.66. The van der Waals surface area contributed by atoms with E-state index in [-0.39, 0.29) is 29.4 Å². The average molecular weight is 419 g/mol. The third-order valence-electron chi connectivity index (χ3n) is 4.81. The first-order chi connectivity index (χ1) is 12.9. The molecule has 4 N–H and O–H groups in total. The van der Waals surface area contributed by atoms with Crippen molar-refractivity contribution in [1.29, 1.82) is 0 Å². The van der Waals surface area contributed by atoms with Crippen molar-refractivity contribution in [3.05, 3.63) is 0 Å². The largest absolute Gasteiger partial charge is 0.480 e. The maximum Gasteiger partial charge on any atom is 0.327 e. The number of carbonyl (C=O) groups is 4. The molecule has 0 saturated carbocycles. The Balaban J connectivity index is 2.00. The molecule has 0 aromatic rings. The van der Waals surface area contributed by atoms with Crippen LogP contribution < -0.4 is 16.0 Å². The number of amides is 3. The lowest BCUT2D eigenvalue weighted by atomic mass is 10.1. The van der Waals surface area contributed by atoms with Gasteiger partial charge in [0.05, 0.1) is 6.04 Å². The first-order valence-electron chi connectivity index (χ1n) is 8.98. The number of thiol groups is 2. The van der Waals surface area contributed by atoms with Gasteiger partial charge >= 0.3 is 5.97 Å². The standard InChI is InChI=1S/C16H26N4O5S2/c21-13(9-3-1-5-17-9)18-10(7-26)15(23)20-6-2-4-12(20)14(22)19-11(8-27)16(24)25/h9-12,17,26-27H,1-8H2,(H,18,21)(H,19,22)(H,24,25). The fourth-order valence-corrected chi connectivity index (χ4v) is 3.82. The van der Waals surface area contributed by atoms with Crippen LogP contribution in [-0.2, 0) is 19.2 Å². The highest BCUT2D eigenvalue weighted by atomic mass is 32.1. The van der Waals surface area contributed by atoms with Crippen LogP contribution >= 0.6 is 25.3 Å². The van der Waals surface area contributed by atoms with Crippen molar-refractivity contribution in [3.8, 4) is 0 Å². The van der Waals surface area contributed by atoms with E-state index in [2.05, 4.69) is 41.2 Å². The highest BCUT2D eigenvalue weighted by molar-refractivity contribution is 7.80. The Morgan fingerprint density at radius 3 is 2.26 bits per heavy atom. The van der Waals surface area contributed by atoms with E-state index in [0.717, 1.165) is 13.0 Å². The molecule has 2 aliphatic rings. The summed E-state index contributed by atoms with van der Waals surface area (Å²) in [5.74, 6) is -2.28. The van der Waals surface area contributed by atoms with E-state index >= 15 is 0 Å². The summed E-state index contributed by atoms with van der Waals surface area (Å²) in [5.41, 5.74) is 0. The number of hydrogen-bond donors (Lipinski definition) is 6. The molecule has 2 fully saturated rings. The maximum absolute atomic E-state index is 12.9. The van der Waals surface area contributed by atoms with Crippen LogP contribution in [0.15, 0.2) is 0 Å². The lowest BCUT2D eigenvalue weighted by Crippen LogP contribution is -2.57. The number of nitrogens with zero attached hydrogens (tertiary/aromatic N) is 1. The minimum absolute atomic E-state index is 0.0501. The van der Waals surface area contributed by atoms with Crippen molar-refractivity contribution in [2.24, 2.45) is 0 Å². The lowest BCUT2D eigenvalue weighted by molar-refractivity contribution is -0.144. The first kappa shape index (κ1) is 21.8. The summed E-state index contributed by atoms with van der Waals surface area (Å²) in [6.07, 6.45) is 2.68. The van der Waals surface area contributed by atoms with E-state index in [0.29, 0.717) is 25.8 Å². The Morgan fingerprint density at radius 2 is 1.70 bits per heavy atom. The smallest absolute Gasteiger partial charge is 0.327 e. The number of carboxylic acid groups (broad SMARTS) is 1. The summed E-state index contributed by atoms with van der Waals surface area (Å²) < 4.78 is 0. The topological polar surface area (TPSA) is 128 Å². The zero-order valence-corrected chi connectivity index (χ0v) is 16.7. The quantitative estimate of drug-likeness (QED) is 0.270. The highest BCUT2D eigenvalue weighted by Crippen LogP contribution is 2.19. The molecular weight excluding hydrogens is 392 g/mol. The summed E-state index contributed by atoms with van der Waals surface area (Å²) in [7, 11) is 0. The van der Waals surface area contributed by atoms with Crippen molar-refractivity contribution in [2.45, 2.75) is 49.9 Å². The molecule has 2 saturated heterocycles. The molecule has 0 aliphatic carbocycles. The van der Waals surface area contributed by atoms with Crippen LogP contribution in [-0.4, -0.2) is 82.5 Å². The van der Waals surface area contributed by atoms with Gasteiger partial charge in [-0.25, -0.2) is 4.79 Å². The number of carbonyl (C=O) groups excluding carboxylic acids is 3. The molecular formula is C16H26N4O5S2. The second-order valence-corrected chi connectivity index (χ2v) is 7.39. The van der Waals surface area contributed by atoms with Crippen LogP contribution in [0.3, 0.4) is 0 Å². The Kier molecular flexibility index (Phi) is 8.24. The Labute approximate surface area is 168 Å². The fraction of sp³-hybridized carbons (Fsp3) is 0.750. The molecule has 0 radical (unpaired) electrons. The van der Waals surface area contributed by atoms with E-state index in [1.165, 1.54) is 4.90 Å². The number of likely N-dealkylation sites (tertiary alicyclic amines) is 1. The van der Waals surface area contributed by atoms with Crippen molar-refractivity contribution < 1.29 is 24.3 Å². The highest BCUT2D eigenvalue weighted by Gasteiger charge is 2.38. The Bertz CT molecular complexity index is 585. The van der Waals surface area contributed by atoms with Gasteiger partial charge in [-0.1, -0.05) is 0 Å². The molecule has 3 amide bonds. The van der Waals surface area contributed by atoms with Crippen molar-refractivity contribution in [2.75, 3.05) is 24.6 Å². The van der Waals surface area contributed by atoms with Gasteiger partial charge in [-0.3, -0.25) is 14.4 Å². The molecule has 0 aromatic carbocycles. The molecule has 2 aliphatic heterocycles. The van der Waals surface area contributed by atoms with E-state index in [4.69, 9.17) is 5.11 Å². The normalized spacial score (nSPS) is 24.3. The van der Waals surface area contributed by atoms with Gasteiger partial charge in [0.15, 0.2) is 0 Å². The number of rotatable bonds is 8. The number of hydrogen-bond acceptors (Lipinski definition) is 7. The molecule has 4 unspecified atom stereocenters. The summed E-state index contributed by atoms with van der Waals surface area (Å²) in [4.78, 5) is 50.1. The zero-order valence-electron chi connectivity index (χ0n) is 14.9.